The smallest absolute Gasteiger partial charge is 0.240 e. The van der Waals surface area contributed by atoms with Crippen LogP contribution in [0, 0.1) is 5.92 Å². The number of hydrogen-bond donors (Lipinski definition) is 1. The zero-order valence-corrected chi connectivity index (χ0v) is 10.5. The van der Waals surface area contributed by atoms with Crippen LogP contribution in [0.4, 0.5) is 0 Å². The molecule has 1 N–H and O–H groups in total. The largest absolute Gasteiger partial charge is 0.496 e. The van der Waals surface area contributed by atoms with Crippen molar-refractivity contribution < 1.29 is 9.53 Å². The third-order valence-electron chi connectivity index (χ3n) is 2.88. The second-order valence-electron chi connectivity index (χ2n) is 4.25. The third kappa shape index (κ3) is 2.77. The first-order chi connectivity index (χ1) is 8.70. The van der Waals surface area contributed by atoms with Crippen LogP contribution in [0.3, 0.4) is 0 Å². The van der Waals surface area contributed by atoms with E-state index in [9.17, 15) is 4.79 Å². The molecule has 4 nitrogen and oxygen atoms in total. The number of nitrogens with zero attached hydrogens (tertiary/aromatic N) is 1. The van der Waals surface area contributed by atoms with Crippen LogP contribution in [-0.2, 0) is 4.79 Å². The van der Waals surface area contributed by atoms with Crippen LogP contribution in [0.2, 0.25) is 0 Å². The molecule has 0 spiro atoms. The summed E-state index contributed by atoms with van der Waals surface area (Å²) in [5.74, 6) is 0.934. The van der Waals surface area contributed by atoms with Gasteiger partial charge < -0.3 is 4.74 Å². The number of hydrazone groups is 1. The van der Waals surface area contributed by atoms with Gasteiger partial charge in [-0.05, 0) is 18.2 Å². The Bertz CT molecular complexity index is 506. The van der Waals surface area contributed by atoms with Crippen molar-refractivity contribution >= 4 is 17.7 Å². The Balaban J connectivity index is 2.18. The van der Waals surface area contributed by atoms with E-state index in [1.807, 2.05) is 43.3 Å². The van der Waals surface area contributed by atoms with Crippen LogP contribution in [0.1, 0.15) is 18.9 Å². The maximum atomic E-state index is 11.1. The maximum absolute atomic E-state index is 11.1. The van der Waals surface area contributed by atoms with Gasteiger partial charge in [0.1, 0.15) is 5.75 Å². The Labute approximate surface area is 106 Å². The fraction of sp³-hybridized carbons (Fsp3) is 0.286. The Morgan fingerprint density at radius 3 is 2.89 bits per heavy atom. The van der Waals surface area contributed by atoms with E-state index < -0.39 is 0 Å². The lowest BCUT2D eigenvalue weighted by Crippen LogP contribution is -2.30. The number of methoxy groups -OCH3 is 1. The highest BCUT2D eigenvalue weighted by molar-refractivity contribution is 6.03. The number of rotatable bonds is 3. The molecule has 1 unspecified atom stereocenters. The number of allylic oxidation sites excluding steroid dienone is 1. The van der Waals surface area contributed by atoms with Gasteiger partial charge in [0, 0.05) is 17.9 Å². The van der Waals surface area contributed by atoms with Gasteiger partial charge in [0.2, 0.25) is 5.91 Å². The molecule has 94 valence electrons. The number of carbonyl (C=O) groups excluding carboxylic acids is 1. The van der Waals surface area contributed by atoms with E-state index in [2.05, 4.69) is 10.5 Å². The lowest BCUT2D eigenvalue weighted by molar-refractivity contribution is -0.121. The molecule has 18 heavy (non-hydrogen) atoms. The summed E-state index contributed by atoms with van der Waals surface area (Å²) in [5.41, 5.74) is 4.36. The highest BCUT2D eigenvalue weighted by Crippen LogP contribution is 2.19. The number of amides is 1. The van der Waals surface area contributed by atoms with Gasteiger partial charge in [0.15, 0.2) is 0 Å². The zero-order valence-electron chi connectivity index (χ0n) is 10.5. The average Bonchev–Trinajstić information content (AvgIpc) is 2.38. The second-order valence-corrected chi connectivity index (χ2v) is 4.25. The predicted octanol–water partition coefficient (Wildman–Crippen LogP) is 2.22. The summed E-state index contributed by atoms with van der Waals surface area (Å²) in [6.45, 7) is 1.99. The Morgan fingerprint density at radius 2 is 2.17 bits per heavy atom. The van der Waals surface area contributed by atoms with Crippen molar-refractivity contribution in [1.29, 1.82) is 0 Å². The Hall–Kier alpha value is -2.10. The molecule has 0 bridgehead atoms. The molecule has 1 aromatic rings. The lowest BCUT2D eigenvalue weighted by Gasteiger charge is -2.16. The van der Waals surface area contributed by atoms with Crippen LogP contribution in [0.5, 0.6) is 5.75 Å². The third-order valence-corrected chi connectivity index (χ3v) is 2.88. The van der Waals surface area contributed by atoms with E-state index >= 15 is 0 Å². The molecular weight excluding hydrogens is 228 g/mol. The molecule has 0 saturated heterocycles. The molecule has 0 radical (unpaired) electrons. The normalized spacial score (nSPS) is 19.6. The van der Waals surface area contributed by atoms with Crippen molar-refractivity contribution in [2.24, 2.45) is 11.0 Å². The molecule has 1 heterocycles. The minimum atomic E-state index is -0.0306. The Kier molecular flexibility index (Phi) is 3.77. The molecule has 0 fully saturated rings. The first-order valence-electron chi connectivity index (χ1n) is 5.88. The summed E-state index contributed by atoms with van der Waals surface area (Å²) in [7, 11) is 1.65. The quantitative estimate of drug-likeness (QED) is 0.886. The highest BCUT2D eigenvalue weighted by atomic mass is 16.5. The van der Waals surface area contributed by atoms with Crippen molar-refractivity contribution in [3.8, 4) is 5.75 Å². The molecule has 0 aromatic heterocycles. The molecule has 1 atom stereocenters. The summed E-state index contributed by atoms with van der Waals surface area (Å²) < 4.78 is 5.27. The van der Waals surface area contributed by atoms with Crippen molar-refractivity contribution in [2.45, 2.75) is 13.3 Å². The topological polar surface area (TPSA) is 50.7 Å². The number of carbonyl (C=O) groups is 1. The van der Waals surface area contributed by atoms with Crippen molar-refractivity contribution in [3.63, 3.8) is 0 Å². The fourth-order valence-electron chi connectivity index (χ4n) is 1.85. The zero-order chi connectivity index (χ0) is 13.0. The van der Waals surface area contributed by atoms with Crippen molar-refractivity contribution in [2.75, 3.05) is 7.11 Å². The summed E-state index contributed by atoms with van der Waals surface area (Å²) in [6, 6.07) is 7.77. The molecule has 1 aliphatic heterocycles. The summed E-state index contributed by atoms with van der Waals surface area (Å²) >= 11 is 0. The first-order valence-corrected chi connectivity index (χ1v) is 5.88. The van der Waals surface area contributed by atoms with E-state index in [0.29, 0.717) is 6.42 Å². The summed E-state index contributed by atoms with van der Waals surface area (Å²) in [5, 5.41) is 4.05. The van der Waals surface area contributed by atoms with Crippen LogP contribution >= 0.6 is 0 Å². The second kappa shape index (κ2) is 5.49. The van der Waals surface area contributed by atoms with Gasteiger partial charge in [-0.3, -0.25) is 4.79 Å². The first kappa shape index (κ1) is 12.4. The monoisotopic (exact) mass is 244 g/mol. The van der Waals surface area contributed by atoms with Crippen molar-refractivity contribution in [3.05, 3.63) is 35.9 Å². The number of nitrogens with one attached hydrogen (secondary N) is 1. The molecule has 4 heteroatoms. The van der Waals surface area contributed by atoms with Crippen LogP contribution < -0.4 is 10.2 Å². The maximum Gasteiger partial charge on any atom is 0.240 e. The molecule has 1 amide bonds. The van der Waals surface area contributed by atoms with E-state index in [4.69, 9.17) is 4.74 Å². The van der Waals surface area contributed by atoms with Gasteiger partial charge >= 0.3 is 0 Å². The predicted molar refractivity (Wildman–Crippen MR) is 71.4 cm³/mol. The summed E-state index contributed by atoms with van der Waals surface area (Å²) in [4.78, 5) is 11.1. The molecular formula is C14H16N2O2. The fourth-order valence-corrected chi connectivity index (χ4v) is 1.85. The Morgan fingerprint density at radius 1 is 1.39 bits per heavy atom. The molecule has 2 rings (SSSR count). The van der Waals surface area contributed by atoms with Gasteiger partial charge in [-0.2, -0.15) is 5.10 Å². The standard InChI is InChI=1S/C14H16N2O2/c1-10-9-14(17)16-15-12(10)8-7-11-5-3-4-6-13(11)18-2/h3-8,10H,9H2,1-2H3,(H,16,17). The van der Waals surface area contributed by atoms with E-state index in [1.165, 1.54) is 0 Å². The molecule has 0 saturated carbocycles. The van der Waals surface area contributed by atoms with Gasteiger partial charge in [-0.25, -0.2) is 5.43 Å². The molecule has 1 aliphatic rings. The van der Waals surface area contributed by atoms with Gasteiger partial charge in [-0.1, -0.05) is 25.1 Å². The van der Waals surface area contributed by atoms with Crippen molar-refractivity contribution in [1.82, 2.24) is 5.43 Å². The van der Waals surface area contributed by atoms with Gasteiger partial charge in [-0.15, -0.1) is 0 Å². The number of ether oxygens (including phenoxy) is 1. The molecule has 0 aliphatic carbocycles. The lowest BCUT2D eigenvalue weighted by atomic mass is 9.99. The number of para-hydroxylation sites is 1. The van der Waals surface area contributed by atoms with Crippen LogP contribution in [0.25, 0.3) is 6.08 Å². The van der Waals surface area contributed by atoms with E-state index in [0.717, 1.165) is 17.0 Å². The minimum Gasteiger partial charge on any atom is -0.496 e. The SMILES string of the molecule is COc1ccccc1C=CC1=NNC(=O)CC1C. The average molecular weight is 244 g/mol. The van der Waals surface area contributed by atoms with Gasteiger partial charge in [0.25, 0.3) is 0 Å². The van der Waals surface area contributed by atoms with E-state index in [-0.39, 0.29) is 11.8 Å². The molecule has 1 aromatic carbocycles. The highest BCUT2D eigenvalue weighted by Gasteiger charge is 2.17. The van der Waals surface area contributed by atoms with Crippen LogP contribution in [0.15, 0.2) is 35.4 Å². The summed E-state index contributed by atoms with van der Waals surface area (Å²) in [6.07, 6.45) is 4.35. The number of hydrogen-bond acceptors (Lipinski definition) is 3. The van der Waals surface area contributed by atoms with Crippen LogP contribution in [-0.4, -0.2) is 18.7 Å². The van der Waals surface area contributed by atoms with Gasteiger partial charge in [0.05, 0.1) is 12.8 Å². The minimum absolute atomic E-state index is 0.0306. The number of benzene rings is 1. The van der Waals surface area contributed by atoms with E-state index in [1.54, 1.807) is 7.11 Å².